The van der Waals surface area contributed by atoms with Crippen LogP contribution < -0.4 is 14.4 Å². The number of methoxy groups -OCH3 is 1. The van der Waals surface area contributed by atoms with Crippen molar-refractivity contribution in [2.45, 2.75) is 45.4 Å². The van der Waals surface area contributed by atoms with Crippen LogP contribution in [-0.2, 0) is 29.1 Å². The zero-order chi connectivity index (χ0) is 27.1. The number of hydrogen-bond acceptors (Lipinski definition) is 6. The van der Waals surface area contributed by atoms with Gasteiger partial charge in [0.2, 0.25) is 0 Å². The quantitative estimate of drug-likeness (QED) is 0.333. The molecule has 10 heteroatoms. The summed E-state index contributed by atoms with van der Waals surface area (Å²) in [5, 5.41) is 9.24. The standard InChI is InChI=1S/C27H29F3N2O5/c1-26(2,25(33)34)36-22-9-4-19(5-10-22)14-15-32(24-13-8-21(16-31-24)18-35-3)17-20-6-11-23(12-7-20)37-27(28,29)30/h4-13,16H,14-15,17-18H2,1-3H3,(H,33,34). The first-order chi connectivity index (χ1) is 17.4. The Balaban J connectivity index is 1.73. The van der Waals surface area contributed by atoms with Gasteiger partial charge in [-0.3, -0.25) is 0 Å². The molecule has 0 unspecified atom stereocenters. The molecule has 3 rings (SSSR count). The molecule has 0 saturated heterocycles. The number of carboxylic acid groups (broad SMARTS) is 1. The molecule has 37 heavy (non-hydrogen) atoms. The van der Waals surface area contributed by atoms with Gasteiger partial charge in [0.25, 0.3) is 0 Å². The molecule has 0 bridgehead atoms. The van der Waals surface area contributed by atoms with Crippen LogP contribution in [0.2, 0.25) is 0 Å². The van der Waals surface area contributed by atoms with Gasteiger partial charge in [-0.25, -0.2) is 9.78 Å². The van der Waals surface area contributed by atoms with E-state index in [2.05, 4.69) is 9.72 Å². The number of nitrogens with zero attached hydrogens (tertiary/aromatic N) is 2. The highest BCUT2D eigenvalue weighted by Gasteiger charge is 2.31. The molecule has 0 aliphatic carbocycles. The lowest BCUT2D eigenvalue weighted by Crippen LogP contribution is -2.37. The summed E-state index contributed by atoms with van der Waals surface area (Å²) in [7, 11) is 1.60. The molecule has 7 nitrogen and oxygen atoms in total. The fourth-order valence-electron chi connectivity index (χ4n) is 3.47. The molecule has 0 radical (unpaired) electrons. The maximum absolute atomic E-state index is 12.5. The zero-order valence-electron chi connectivity index (χ0n) is 20.8. The smallest absolute Gasteiger partial charge is 0.478 e. The molecule has 1 heterocycles. The first-order valence-electron chi connectivity index (χ1n) is 11.5. The fourth-order valence-corrected chi connectivity index (χ4v) is 3.47. The Hall–Kier alpha value is -3.79. The number of halogens is 3. The van der Waals surface area contributed by atoms with Crippen LogP contribution in [-0.4, -0.2) is 41.7 Å². The molecule has 0 aliphatic heterocycles. The highest BCUT2D eigenvalue weighted by molar-refractivity contribution is 5.76. The molecule has 1 aromatic heterocycles. The van der Waals surface area contributed by atoms with Crippen molar-refractivity contribution in [1.29, 1.82) is 0 Å². The monoisotopic (exact) mass is 518 g/mol. The molecule has 0 fully saturated rings. The van der Waals surface area contributed by atoms with Crippen molar-refractivity contribution in [2.24, 2.45) is 0 Å². The van der Waals surface area contributed by atoms with E-state index in [1.54, 1.807) is 37.6 Å². The highest BCUT2D eigenvalue weighted by Crippen LogP contribution is 2.24. The Morgan fingerprint density at radius 1 is 0.892 bits per heavy atom. The van der Waals surface area contributed by atoms with Gasteiger partial charge in [-0.1, -0.05) is 30.3 Å². The van der Waals surface area contributed by atoms with Gasteiger partial charge in [0.15, 0.2) is 5.60 Å². The largest absolute Gasteiger partial charge is 0.573 e. The minimum absolute atomic E-state index is 0.279. The molecule has 0 saturated carbocycles. The minimum Gasteiger partial charge on any atom is -0.478 e. The molecule has 0 spiro atoms. The Labute approximate surface area is 213 Å². The van der Waals surface area contributed by atoms with Crippen molar-refractivity contribution in [1.82, 2.24) is 4.98 Å². The van der Waals surface area contributed by atoms with E-state index in [1.807, 2.05) is 29.2 Å². The summed E-state index contributed by atoms with van der Waals surface area (Å²) in [5.41, 5.74) is 1.35. The van der Waals surface area contributed by atoms with Crippen molar-refractivity contribution in [3.05, 3.63) is 83.6 Å². The molecule has 0 aliphatic rings. The average Bonchev–Trinajstić information content (AvgIpc) is 2.83. The van der Waals surface area contributed by atoms with Crippen LogP contribution in [0.1, 0.15) is 30.5 Å². The van der Waals surface area contributed by atoms with Gasteiger partial charge >= 0.3 is 12.3 Å². The Kier molecular flexibility index (Phi) is 8.99. The number of carbonyl (C=O) groups is 1. The van der Waals surface area contributed by atoms with Crippen LogP contribution in [0.4, 0.5) is 19.0 Å². The summed E-state index contributed by atoms with van der Waals surface area (Å²) in [6.07, 6.45) is -2.38. The molecular formula is C27H29F3N2O5. The number of aliphatic carboxylic acids is 1. The number of hydrogen-bond donors (Lipinski definition) is 1. The Morgan fingerprint density at radius 3 is 1.97 bits per heavy atom. The van der Waals surface area contributed by atoms with Gasteiger partial charge in [-0.05, 0) is 67.3 Å². The third kappa shape index (κ3) is 8.68. The van der Waals surface area contributed by atoms with E-state index in [0.717, 1.165) is 16.7 Å². The summed E-state index contributed by atoms with van der Waals surface area (Å²) in [5.74, 6) is -0.185. The lowest BCUT2D eigenvalue weighted by atomic mass is 10.1. The number of benzene rings is 2. The number of rotatable bonds is 12. The van der Waals surface area contributed by atoms with Gasteiger partial charge in [0.1, 0.15) is 17.3 Å². The van der Waals surface area contributed by atoms with Crippen LogP contribution in [0.15, 0.2) is 66.9 Å². The topological polar surface area (TPSA) is 81.1 Å². The number of ether oxygens (including phenoxy) is 3. The second-order valence-electron chi connectivity index (χ2n) is 8.88. The summed E-state index contributed by atoms with van der Waals surface area (Å²) in [6, 6.07) is 16.7. The third-order valence-electron chi connectivity index (χ3n) is 5.46. The summed E-state index contributed by atoms with van der Waals surface area (Å²) < 4.78 is 52.1. The van der Waals surface area contributed by atoms with Gasteiger partial charge in [-0.2, -0.15) is 0 Å². The molecule has 2 aromatic carbocycles. The lowest BCUT2D eigenvalue weighted by Gasteiger charge is -2.25. The van der Waals surface area contributed by atoms with Crippen molar-refractivity contribution in [2.75, 3.05) is 18.6 Å². The second kappa shape index (κ2) is 12.0. The molecule has 1 N–H and O–H groups in total. The first-order valence-corrected chi connectivity index (χ1v) is 11.5. The van der Waals surface area contributed by atoms with Gasteiger partial charge < -0.3 is 24.2 Å². The van der Waals surface area contributed by atoms with E-state index in [0.29, 0.717) is 37.7 Å². The highest BCUT2D eigenvalue weighted by atomic mass is 19.4. The normalized spacial score (nSPS) is 11.7. The number of pyridine rings is 1. The number of anilines is 1. The van der Waals surface area contributed by atoms with Crippen molar-refractivity contribution in [3.63, 3.8) is 0 Å². The molecular weight excluding hydrogens is 489 g/mol. The first kappa shape index (κ1) is 27.8. The van der Waals surface area contributed by atoms with E-state index < -0.39 is 17.9 Å². The average molecular weight is 519 g/mol. The molecule has 0 amide bonds. The Bertz CT molecular complexity index is 1150. The van der Waals surface area contributed by atoms with Crippen molar-refractivity contribution >= 4 is 11.8 Å². The van der Waals surface area contributed by atoms with E-state index in [9.17, 15) is 23.1 Å². The van der Waals surface area contributed by atoms with Crippen molar-refractivity contribution in [3.8, 4) is 11.5 Å². The zero-order valence-corrected chi connectivity index (χ0v) is 20.8. The van der Waals surface area contributed by atoms with Crippen LogP contribution in [0.3, 0.4) is 0 Å². The van der Waals surface area contributed by atoms with E-state index in [1.165, 1.54) is 26.0 Å². The fraction of sp³-hybridized carbons (Fsp3) is 0.333. The van der Waals surface area contributed by atoms with Gasteiger partial charge in [-0.15, -0.1) is 13.2 Å². The number of alkyl halides is 3. The molecule has 0 atom stereocenters. The molecule has 3 aromatic rings. The summed E-state index contributed by atoms with van der Waals surface area (Å²) in [4.78, 5) is 17.9. The third-order valence-corrected chi connectivity index (χ3v) is 5.46. The minimum atomic E-state index is -4.74. The van der Waals surface area contributed by atoms with Gasteiger partial charge in [0, 0.05) is 26.4 Å². The maximum atomic E-state index is 12.5. The van der Waals surface area contributed by atoms with Crippen LogP contribution in [0.25, 0.3) is 0 Å². The lowest BCUT2D eigenvalue weighted by molar-refractivity contribution is -0.274. The summed E-state index contributed by atoms with van der Waals surface area (Å²) >= 11 is 0. The predicted octanol–water partition coefficient (Wildman–Crippen LogP) is 5.62. The Morgan fingerprint density at radius 2 is 1.46 bits per heavy atom. The summed E-state index contributed by atoms with van der Waals surface area (Å²) in [6.45, 7) is 4.37. The predicted molar refractivity (Wildman–Crippen MR) is 132 cm³/mol. The SMILES string of the molecule is COCc1ccc(N(CCc2ccc(OC(C)(C)C(=O)O)cc2)Cc2ccc(OC(F)(F)F)cc2)nc1. The van der Waals surface area contributed by atoms with Gasteiger partial charge in [0.05, 0.1) is 6.61 Å². The second-order valence-corrected chi connectivity index (χ2v) is 8.88. The van der Waals surface area contributed by atoms with Crippen LogP contribution in [0.5, 0.6) is 11.5 Å². The van der Waals surface area contributed by atoms with Crippen LogP contribution >= 0.6 is 0 Å². The molecule has 198 valence electrons. The van der Waals surface area contributed by atoms with Crippen molar-refractivity contribution < 1.29 is 37.3 Å². The van der Waals surface area contributed by atoms with E-state index >= 15 is 0 Å². The number of aromatic nitrogens is 1. The maximum Gasteiger partial charge on any atom is 0.573 e. The van der Waals surface area contributed by atoms with Crippen LogP contribution in [0, 0.1) is 0 Å². The van der Waals surface area contributed by atoms with E-state index in [-0.39, 0.29) is 5.75 Å². The van der Waals surface area contributed by atoms with E-state index in [4.69, 9.17) is 9.47 Å². The number of carboxylic acids is 1.